The molecule has 3 fully saturated rings. The maximum absolute atomic E-state index is 6.80. The van der Waals surface area contributed by atoms with Gasteiger partial charge >= 0.3 is 0 Å². The lowest BCUT2D eigenvalue weighted by Crippen LogP contribution is -3.00. The SMILES string of the molecule is CCCCCCO[C@]1(C)C[N@+]2(Cc3cccc4ccccc34)CC[C@@H]3CC[C@H]1[C@@]32C.[Br-]. The van der Waals surface area contributed by atoms with Crippen molar-refractivity contribution in [3.8, 4) is 0 Å². The number of hydrogen-bond donors (Lipinski definition) is 0. The molecule has 0 N–H and O–H groups in total. The molecule has 5 rings (SSSR count). The number of unbranched alkanes of at least 4 members (excludes halogenated alkanes) is 3. The fourth-order valence-electron chi connectivity index (χ4n) is 7.96. The van der Waals surface area contributed by atoms with Crippen molar-refractivity contribution in [3.63, 3.8) is 0 Å². The molecule has 3 heteroatoms. The smallest absolute Gasteiger partial charge is 0.123 e. The topological polar surface area (TPSA) is 9.23 Å². The molecular formula is C28H40BrNO. The van der Waals surface area contributed by atoms with Gasteiger partial charge in [-0.3, -0.25) is 0 Å². The minimum Gasteiger partial charge on any atom is -1.00 e. The van der Waals surface area contributed by atoms with Gasteiger partial charge in [-0.1, -0.05) is 68.7 Å². The Balaban J connectivity index is 0.00000231. The van der Waals surface area contributed by atoms with E-state index in [9.17, 15) is 0 Å². The van der Waals surface area contributed by atoms with Gasteiger partial charge in [0.05, 0.1) is 6.54 Å². The van der Waals surface area contributed by atoms with Crippen LogP contribution in [0.3, 0.4) is 0 Å². The number of halogens is 1. The van der Waals surface area contributed by atoms with Crippen LogP contribution >= 0.6 is 0 Å². The molecule has 3 aliphatic rings. The summed E-state index contributed by atoms with van der Waals surface area (Å²) >= 11 is 0. The van der Waals surface area contributed by atoms with Crippen LogP contribution in [0, 0.1) is 11.8 Å². The number of ether oxygens (including phenoxy) is 1. The molecule has 2 nitrogen and oxygen atoms in total. The van der Waals surface area contributed by atoms with Crippen LogP contribution in [0.5, 0.6) is 0 Å². The van der Waals surface area contributed by atoms with Gasteiger partial charge in [-0.2, -0.15) is 0 Å². The third kappa shape index (κ3) is 3.60. The number of fused-ring (bicyclic) bond motifs is 1. The summed E-state index contributed by atoms with van der Waals surface area (Å²) in [7, 11) is 0. The van der Waals surface area contributed by atoms with E-state index >= 15 is 0 Å². The molecule has 2 aromatic rings. The van der Waals surface area contributed by atoms with Crippen molar-refractivity contribution in [2.45, 2.75) is 83.4 Å². The van der Waals surface area contributed by atoms with Gasteiger partial charge in [0.1, 0.15) is 24.2 Å². The Morgan fingerprint density at radius 3 is 2.61 bits per heavy atom. The Bertz CT molecular complexity index is 910. The van der Waals surface area contributed by atoms with Gasteiger partial charge < -0.3 is 26.2 Å². The molecule has 5 atom stereocenters. The normalized spacial score (nSPS) is 36.0. The highest BCUT2D eigenvalue weighted by molar-refractivity contribution is 5.85. The van der Waals surface area contributed by atoms with E-state index in [1.165, 1.54) is 85.4 Å². The first kappa shape index (κ1) is 23.3. The van der Waals surface area contributed by atoms with Crippen LogP contribution in [0.2, 0.25) is 0 Å². The molecule has 0 bridgehead atoms. The average molecular weight is 487 g/mol. The van der Waals surface area contributed by atoms with Crippen molar-refractivity contribution >= 4 is 10.8 Å². The lowest BCUT2D eigenvalue weighted by molar-refractivity contribution is -0.966. The summed E-state index contributed by atoms with van der Waals surface area (Å²) < 4.78 is 8.06. The Labute approximate surface area is 199 Å². The standard InChI is InChI=1S/C28H40NO.BrH/c1-4-5-6-9-19-30-27(2)21-29(18-17-24-15-16-26(27)28(24,29)3)20-23-13-10-12-22-11-7-8-14-25(22)23;/h7-8,10-14,24,26H,4-6,9,15-21H2,1-3H3;1H/q+1;/p-1/t24-,26+,27+,28+,29+;/m0./s1. The van der Waals surface area contributed by atoms with E-state index in [4.69, 9.17) is 4.74 Å². The molecular weight excluding hydrogens is 446 g/mol. The number of hydrogen-bond acceptors (Lipinski definition) is 1. The summed E-state index contributed by atoms with van der Waals surface area (Å²) in [6.45, 7) is 12.0. The van der Waals surface area contributed by atoms with E-state index in [1.807, 2.05) is 0 Å². The van der Waals surface area contributed by atoms with Crippen molar-refractivity contribution in [1.29, 1.82) is 0 Å². The van der Waals surface area contributed by atoms with E-state index in [0.29, 0.717) is 11.5 Å². The number of rotatable bonds is 8. The first-order valence-electron chi connectivity index (χ1n) is 12.5. The van der Waals surface area contributed by atoms with Crippen molar-refractivity contribution in [2.24, 2.45) is 11.8 Å². The van der Waals surface area contributed by atoms with E-state index in [1.54, 1.807) is 0 Å². The largest absolute Gasteiger partial charge is 1.00 e. The Morgan fingerprint density at radius 2 is 1.77 bits per heavy atom. The minimum absolute atomic E-state index is 0. The Hall–Kier alpha value is -0.900. The highest BCUT2D eigenvalue weighted by Gasteiger charge is 2.74. The van der Waals surface area contributed by atoms with E-state index in [2.05, 4.69) is 63.2 Å². The molecule has 31 heavy (non-hydrogen) atoms. The van der Waals surface area contributed by atoms with Crippen LogP contribution in [-0.4, -0.2) is 35.3 Å². The molecule has 170 valence electrons. The third-order valence-electron chi connectivity index (χ3n) is 9.40. The summed E-state index contributed by atoms with van der Waals surface area (Å²) in [6.07, 6.45) is 9.35. The van der Waals surface area contributed by atoms with Gasteiger partial charge in [-0.05, 0) is 43.9 Å². The lowest BCUT2D eigenvalue weighted by atomic mass is 9.78. The molecule has 2 aromatic carbocycles. The monoisotopic (exact) mass is 485 g/mol. The molecule has 2 aliphatic heterocycles. The average Bonchev–Trinajstić information content (AvgIpc) is 3.29. The Morgan fingerprint density at radius 1 is 0.968 bits per heavy atom. The maximum Gasteiger partial charge on any atom is 0.123 e. The molecule has 2 saturated heterocycles. The predicted molar refractivity (Wildman–Crippen MR) is 125 cm³/mol. The van der Waals surface area contributed by atoms with Crippen molar-refractivity contribution in [3.05, 3.63) is 48.0 Å². The van der Waals surface area contributed by atoms with Gasteiger partial charge in [0, 0.05) is 30.4 Å². The fraction of sp³-hybridized carbons (Fsp3) is 0.643. The second-order valence-corrected chi connectivity index (χ2v) is 10.9. The first-order chi connectivity index (χ1) is 14.5. The van der Waals surface area contributed by atoms with E-state index in [0.717, 1.165) is 12.5 Å². The van der Waals surface area contributed by atoms with Gasteiger partial charge in [0.15, 0.2) is 0 Å². The first-order valence-corrected chi connectivity index (χ1v) is 12.5. The highest BCUT2D eigenvalue weighted by Crippen LogP contribution is 2.64. The number of benzene rings is 2. The summed E-state index contributed by atoms with van der Waals surface area (Å²) in [4.78, 5) is 0. The van der Waals surface area contributed by atoms with Crippen LogP contribution in [-0.2, 0) is 11.3 Å². The summed E-state index contributed by atoms with van der Waals surface area (Å²) in [5.74, 6) is 1.58. The zero-order chi connectivity index (χ0) is 20.8. The Kier molecular flexibility index (Phi) is 6.60. The molecule has 0 spiro atoms. The summed E-state index contributed by atoms with van der Waals surface area (Å²) in [6, 6.07) is 15.9. The molecule has 0 radical (unpaired) electrons. The highest BCUT2D eigenvalue weighted by atomic mass is 79.9. The second kappa shape index (κ2) is 8.80. The van der Waals surface area contributed by atoms with E-state index < -0.39 is 0 Å². The van der Waals surface area contributed by atoms with Crippen molar-refractivity contribution in [2.75, 3.05) is 19.7 Å². The van der Waals surface area contributed by atoms with Crippen molar-refractivity contribution in [1.82, 2.24) is 0 Å². The maximum atomic E-state index is 6.80. The lowest BCUT2D eigenvalue weighted by Gasteiger charge is -2.44. The van der Waals surface area contributed by atoms with Gasteiger partial charge in [0.25, 0.3) is 0 Å². The number of quaternary nitrogens is 1. The van der Waals surface area contributed by atoms with E-state index in [-0.39, 0.29) is 22.6 Å². The third-order valence-corrected chi connectivity index (χ3v) is 9.40. The predicted octanol–water partition coefficient (Wildman–Crippen LogP) is 3.72. The van der Waals surface area contributed by atoms with Crippen LogP contribution < -0.4 is 17.0 Å². The fourth-order valence-corrected chi connectivity index (χ4v) is 7.96. The van der Waals surface area contributed by atoms with Crippen LogP contribution in [0.1, 0.15) is 71.3 Å². The van der Waals surface area contributed by atoms with Crippen LogP contribution in [0.25, 0.3) is 10.8 Å². The zero-order valence-electron chi connectivity index (χ0n) is 19.7. The summed E-state index contributed by atoms with van der Waals surface area (Å²) in [5, 5.41) is 2.83. The second-order valence-electron chi connectivity index (χ2n) is 10.9. The van der Waals surface area contributed by atoms with Gasteiger partial charge in [-0.25, -0.2) is 0 Å². The molecule has 1 aliphatic carbocycles. The quantitative estimate of drug-likeness (QED) is 0.408. The summed E-state index contributed by atoms with van der Waals surface area (Å²) in [5.41, 5.74) is 1.96. The van der Waals surface area contributed by atoms with Crippen molar-refractivity contribution < 1.29 is 26.2 Å². The molecule has 0 amide bonds. The molecule has 1 saturated carbocycles. The van der Waals surface area contributed by atoms with Crippen LogP contribution in [0.15, 0.2) is 42.5 Å². The van der Waals surface area contributed by atoms with Crippen LogP contribution in [0.4, 0.5) is 0 Å². The molecule has 2 heterocycles. The van der Waals surface area contributed by atoms with Gasteiger partial charge in [-0.15, -0.1) is 0 Å². The number of nitrogens with zero attached hydrogens (tertiary/aromatic N) is 1. The molecule has 0 aromatic heterocycles. The zero-order valence-corrected chi connectivity index (χ0v) is 21.3. The van der Waals surface area contributed by atoms with Gasteiger partial charge in [0.2, 0.25) is 0 Å². The molecule has 0 unspecified atom stereocenters. The minimum atomic E-state index is 0.